The number of amides is 1. The first-order valence-electron chi connectivity index (χ1n) is 8.72. The average molecular weight is 369 g/mol. The zero-order valence-electron chi connectivity index (χ0n) is 14.2. The molecular weight excluding hydrogens is 350 g/mol. The Hall–Kier alpha value is -2.67. The van der Waals surface area contributed by atoms with E-state index in [0.717, 1.165) is 30.6 Å². The summed E-state index contributed by atoms with van der Waals surface area (Å²) in [5, 5.41) is 5.33. The van der Waals surface area contributed by atoms with E-state index in [-0.39, 0.29) is 24.1 Å². The minimum Gasteiger partial charge on any atom is -0.349 e. The molecule has 6 nitrogen and oxygen atoms in total. The molecule has 0 atom stereocenters. The predicted molar refractivity (Wildman–Crippen MR) is 102 cm³/mol. The lowest BCUT2D eigenvalue weighted by atomic mass is 10.1. The Labute approximate surface area is 153 Å². The van der Waals surface area contributed by atoms with E-state index in [1.165, 1.54) is 15.9 Å². The quantitative estimate of drug-likeness (QED) is 0.741. The third-order valence-electron chi connectivity index (χ3n) is 4.83. The average Bonchev–Trinajstić information content (AvgIpc) is 3.32. The summed E-state index contributed by atoms with van der Waals surface area (Å²) >= 11 is 1.50. The van der Waals surface area contributed by atoms with E-state index in [4.69, 9.17) is 0 Å². The second kappa shape index (κ2) is 6.92. The first-order chi connectivity index (χ1) is 12.6. The number of aromatic amines is 1. The van der Waals surface area contributed by atoms with Crippen LogP contribution in [-0.2, 0) is 6.54 Å². The Morgan fingerprint density at radius 3 is 2.77 bits per heavy atom. The van der Waals surface area contributed by atoms with Crippen molar-refractivity contribution in [2.24, 2.45) is 0 Å². The predicted octanol–water partition coefficient (Wildman–Crippen LogP) is 2.47. The fourth-order valence-electron chi connectivity index (χ4n) is 3.44. The van der Waals surface area contributed by atoms with Gasteiger partial charge in [0.15, 0.2) is 0 Å². The molecule has 0 saturated heterocycles. The molecule has 4 rings (SSSR count). The number of hydrogen-bond acceptors (Lipinski definition) is 4. The van der Waals surface area contributed by atoms with Gasteiger partial charge >= 0.3 is 5.69 Å². The molecule has 2 aromatic heterocycles. The zero-order chi connectivity index (χ0) is 18.1. The maximum Gasteiger partial charge on any atom is 0.329 e. The van der Waals surface area contributed by atoms with Crippen LogP contribution in [0.25, 0.3) is 10.9 Å². The Morgan fingerprint density at radius 1 is 1.23 bits per heavy atom. The highest BCUT2D eigenvalue weighted by Gasteiger charge is 2.18. The number of thiophene rings is 1. The van der Waals surface area contributed by atoms with Gasteiger partial charge in [-0.1, -0.05) is 18.9 Å². The maximum atomic E-state index is 12.7. The van der Waals surface area contributed by atoms with Crippen LogP contribution in [0.3, 0.4) is 0 Å². The number of nitrogens with zero attached hydrogens (tertiary/aromatic N) is 1. The van der Waals surface area contributed by atoms with Crippen LogP contribution in [0.15, 0.2) is 45.3 Å². The van der Waals surface area contributed by atoms with Crippen molar-refractivity contribution in [3.05, 3.63) is 67.0 Å². The van der Waals surface area contributed by atoms with Crippen molar-refractivity contribution in [3.63, 3.8) is 0 Å². The summed E-state index contributed by atoms with van der Waals surface area (Å²) < 4.78 is 1.19. The van der Waals surface area contributed by atoms with Gasteiger partial charge in [0.1, 0.15) is 0 Å². The molecule has 1 aromatic carbocycles. The number of hydrogen-bond donors (Lipinski definition) is 2. The van der Waals surface area contributed by atoms with Gasteiger partial charge in [0.05, 0.1) is 17.4 Å². The highest BCUT2D eigenvalue weighted by Crippen LogP contribution is 2.18. The largest absolute Gasteiger partial charge is 0.349 e. The number of carbonyl (C=O) groups excluding carboxylic acids is 1. The Morgan fingerprint density at radius 2 is 2.04 bits per heavy atom. The fraction of sp³-hybridized carbons (Fsp3) is 0.316. The molecular formula is C19H19N3O3S. The smallest absolute Gasteiger partial charge is 0.329 e. The molecule has 1 saturated carbocycles. The minimum absolute atomic E-state index is 0.164. The molecule has 1 aliphatic carbocycles. The summed E-state index contributed by atoms with van der Waals surface area (Å²) in [7, 11) is 0. The summed E-state index contributed by atoms with van der Waals surface area (Å²) in [6, 6.07) is 8.82. The van der Waals surface area contributed by atoms with Crippen LogP contribution in [0.5, 0.6) is 0 Å². The fourth-order valence-corrected chi connectivity index (χ4v) is 4.13. The van der Waals surface area contributed by atoms with Crippen LogP contribution in [-0.4, -0.2) is 21.5 Å². The Kier molecular flexibility index (Phi) is 4.46. The van der Waals surface area contributed by atoms with Gasteiger partial charge in [-0.05, 0) is 42.5 Å². The Balaban J connectivity index is 1.67. The van der Waals surface area contributed by atoms with Crippen molar-refractivity contribution in [3.8, 4) is 0 Å². The van der Waals surface area contributed by atoms with E-state index in [1.807, 2.05) is 17.5 Å². The minimum atomic E-state index is -0.468. The van der Waals surface area contributed by atoms with Crippen molar-refractivity contribution in [2.75, 3.05) is 0 Å². The number of aromatic nitrogens is 2. The molecule has 0 aliphatic heterocycles. The van der Waals surface area contributed by atoms with Crippen LogP contribution in [0.2, 0.25) is 0 Å². The topological polar surface area (TPSA) is 84.0 Å². The van der Waals surface area contributed by atoms with E-state index in [9.17, 15) is 14.4 Å². The lowest BCUT2D eigenvalue weighted by Gasteiger charge is -2.12. The molecule has 26 heavy (non-hydrogen) atoms. The highest BCUT2D eigenvalue weighted by molar-refractivity contribution is 7.09. The van der Waals surface area contributed by atoms with Crippen molar-refractivity contribution >= 4 is 28.1 Å². The van der Waals surface area contributed by atoms with E-state index in [2.05, 4.69) is 10.3 Å². The number of fused-ring (bicyclic) bond motifs is 1. The van der Waals surface area contributed by atoms with Crippen molar-refractivity contribution in [1.82, 2.24) is 14.9 Å². The third kappa shape index (κ3) is 3.22. The molecule has 0 bridgehead atoms. The van der Waals surface area contributed by atoms with Crippen LogP contribution < -0.4 is 16.6 Å². The highest BCUT2D eigenvalue weighted by atomic mass is 32.1. The van der Waals surface area contributed by atoms with E-state index < -0.39 is 5.69 Å². The molecule has 2 N–H and O–H groups in total. The Bertz CT molecular complexity index is 1060. The van der Waals surface area contributed by atoms with Crippen molar-refractivity contribution in [2.45, 2.75) is 38.3 Å². The maximum absolute atomic E-state index is 12.7. The summed E-state index contributed by atoms with van der Waals surface area (Å²) in [4.78, 5) is 41.1. The summed E-state index contributed by atoms with van der Waals surface area (Å²) in [5.41, 5.74) is 0.0288. The monoisotopic (exact) mass is 369 g/mol. The zero-order valence-corrected chi connectivity index (χ0v) is 15.0. The lowest BCUT2D eigenvalue weighted by Crippen LogP contribution is -2.35. The third-order valence-corrected chi connectivity index (χ3v) is 5.69. The van der Waals surface area contributed by atoms with Gasteiger partial charge in [-0.2, -0.15) is 0 Å². The number of rotatable bonds is 4. The van der Waals surface area contributed by atoms with Crippen LogP contribution in [0, 0.1) is 0 Å². The summed E-state index contributed by atoms with van der Waals surface area (Å²) in [6.45, 7) is 0.242. The molecule has 0 unspecified atom stereocenters. The number of nitrogens with one attached hydrogen (secondary N) is 2. The first-order valence-corrected chi connectivity index (χ1v) is 9.60. The van der Waals surface area contributed by atoms with Crippen LogP contribution in [0.4, 0.5) is 0 Å². The summed E-state index contributed by atoms with van der Waals surface area (Å²) in [6.07, 6.45) is 4.28. The molecule has 1 amide bonds. The van der Waals surface area contributed by atoms with Gasteiger partial charge in [0.2, 0.25) is 0 Å². The SMILES string of the molecule is O=C(NC1CCCC1)c1ccc2c(=O)n(Cc3cccs3)c(=O)[nH]c2c1. The van der Waals surface area contributed by atoms with Gasteiger partial charge in [0, 0.05) is 16.5 Å². The normalized spacial score (nSPS) is 14.8. The van der Waals surface area contributed by atoms with E-state index in [0.29, 0.717) is 16.5 Å². The number of benzene rings is 1. The standard InChI is InChI=1S/C19H19N3O3S/c23-17(20-13-4-1-2-5-13)12-7-8-15-16(10-12)21-19(25)22(18(15)24)11-14-6-3-9-26-14/h3,6-10,13H,1-2,4-5,11H2,(H,20,23)(H,21,25). The molecule has 7 heteroatoms. The number of carbonyl (C=O) groups is 1. The second-order valence-corrected chi connectivity index (χ2v) is 7.65. The lowest BCUT2D eigenvalue weighted by molar-refractivity contribution is 0.0938. The molecule has 0 spiro atoms. The van der Waals surface area contributed by atoms with Gasteiger partial charge in [0.25, 0.3) is 11.5 Å². The van der Waals surface area contributed by atoms with Gasteiger partial charge in [-0.3, -0.25) is 14.2 Å². The molecule has 1 fully saturated rings. The molecule has 134 valence electrons. The molecule has 1 aliphatic rings. The second-order valence-electron chi connectivity index (χ2n) is 6.62. The molecule has 3 aromatic rings. The van der Waals surface area contributed by atoms with Crippen molar-refractivity contribution < 1.29 is 4.79 Å². The van der Waals surface area contributed by atoms with Gasteiger partial charge in [-0.15, -0.1) is 11.3 Å². The van der Waals surface area contributed by atoms with Crippen LogP contribution in [0.1, 0.15) is 40.9 Å². The van der Waals surface area contributed by atoms with E-state index >= 15 is 0 Å². The van der Waals surface area contributed by atoms with E-state index in [1.54, 1.807) is 18.2 Å². The summed E-state index contributed by atoms with van der Waals surface area (Å²) in [5.74, 6) is -0.164. The van der Waals surface area contributed by atoms with Gasteiger partial charge < -0.3 is 10.3 Å². The molecule has 0 radical (unpaired) electrons. The van der Waals surface area contributed by atoms with Gasteiger partial charge in [-0.25, -0.2) is 4.79 Å². The number of H-pyrrole nitrogens is 1. The van der Waals surface area contributed by atoms with Crippen molar-refractivity contribution in [1.29, 1.82) is 0 Å². The first kappa shape index (κ1) is 16.8. The van der Waals surface area contributed by atoms with Crippen LogP contribution >= 0.6 is 11.3 Å². The molecule has 2 heterocycles.